The Bertz CT molecular complexity index is 645. The van der Waals surface area contributed by atoms with Gasteiger partial charge in [-0.3, -0.25) is 4.79 Å². The maximum Gasteiger partial charge on any atom is 0.239 e. The van der Waals surface area contributed by atoms with Gasteiger partial charge in [0.25, 0.3) is 0 Å². The van der Waals surface area contributed by atoms with E-state index in [1.54, 1.807) is 0 Å². The molecule has 0 saturated heterocycles. The summed E-state index contributed by atoms with van der Waals surface area (Å²) in [6.45, 7) is 1.89. The maximum atomic E-state index is 11.1. The van der Waals surface area contributed by atoms with E-state index in [4.69, 9.17) is 16.7 Å². The summed E-state index contributed by atoms with van der Waals surface area (Å²) in [5.41, 5.74) is 0.584. The molecule has 0 bridgehead atoms. The van der Waals surface area contributed by atoms with Gasteiger partial charge in [-0.15, -0.1) is 0 Å². The van der Waals surface area contributed by atoms with Gasteiger partial charge in [0.1, 0.15) is 4.90 Å². The number of primary sulfonamides is 1. The lowest BCUT2D eigenvalue weighted by molar-refractivity contribution is -0.118. The number of sulfonamides is 1. The third-order valence-electron chi connectivity index (χ3n) is 2.10. The lowest BCUT2D eigenvalue weighted by atomic mass is 10.2. The average molecular weight is 301 g/mol. The van der Waals surface area contributed by atoms with Gasteiger partial charge in [0.15, 0.2) is 0 Å². The quantitative estimate of drug-likeness (QED) is 0.641. The van der Waals surface area contributed by atoms with Crippen LogP contribution in [-0.4, -0.2) is 20.9 Å². The van der Waals surface area contributed by atoms with Crippen LogP contribution in [0, 0.1) is 11.8 Å². The van der Waals surface area contributed by atoms with Crippen molar-refractivity contribution in [3.05, 3.63) is 28.8 Å². The molecule has 0 atom stereocenters. The second-order valence-corrected chi connectivity index (χ2v) is 5.66. The minimum atomic E-state index is -3.82. The standard InChI is InChI=1S/C12H13ClN2O3S/c1-9(16)15-7-3-2-4-10-5-6-12(11(13)8-10)19(14,17)18/h5-6,8H,3,7H2,1H3,(H,15,16)(H2,14,17,18). The predicted molar refractivity (Wildman–Crippen MR) is 73.0 cm³/mol. The molecule has 19 heavy (non-hydrogen) atoms. The van der Waals surface area contributed by atoms with Gasteiger partial charge in [-0.2, -0.15) is 0 Å². The van der Waals surface area contributed by atoms with Gasteiger partial charge in [-0.05, 0) is 18.2 Å². The van der Waals surface area contributed by atoms with E-state index in [0.717, 1.165) is 0 Å². The van der Waals surface area contributed by atoms with E-state index >= 15 is 0 Å². The number of benzene rings is 1. The molecule has 1 amide bonds. The average Bonchev–Trinajstić information content (AvgIpc) is 2.26. The lowest BCUT2D eigenvalue weighted by Crippen LogP contribution is -2.20. The molecule has 7 heteroatoms. The molecule has 0 fully saturated rings. The first kappa shape index (κ1) is 15.5. The predicted octanol–water partition coefficient (Wildman–Crippen LogP) is 0.865. The van der Waals surface area contributed by atoms with Crippen molar-refractivity contribution < 1.29 is 13.2 Å². The van der Waals surface area contributed by atoms with Crippen molar-refractivity contribution in [1.82, 2.24) is 5.32 Å². The first-order valence-corrected chi connectivity index (χ1v) is 7.29. The Hall–Kier alpha value is -1.55. The molecule has 0 spiro atoms. The number of carbonyl (C=O) groups excluding carboxylic acids is 1. The van der Waals surface area contributed by atoms with Crippen molar-refractivity contribution in [1.29, 1.82) is 0 Å². The van der Waals surface area contributed by atoms with Crippen LogP contribution in [0.4, 0.5) is 0 Å². The molecule has 0 heterocycles. The SMILES string of the molecule is CC(=O)NCCC#Cc1ccc(S(N)(=O)=O)c(Cl)c1. The molecule has 0 unspecified atom stereocenters. The van der Waals surface area contributed by atoms with Gasteiger partial charge >= 0.3 is 0 Å². The van der Waals surface area contributed by atoms with Crippen LogP contribution < -0.4 is 10.5 Å². The van der Waals surface area contributed by atoms with Crippen molar-refractivity contribution in [3.8, 4) is 11.8 Å². The van der Waals surface area contributed by atoms with E-state index in [1.165, 1.54) is 25.1 Å². The van der Waals surface area contributed by atoms with Gasteiger partial charge in [0.05, 0.1) is 5.02 Å². The van der Waals surface area contributed by atoms with Crippen LogP contribution in [0.5, 0.6) is 0 Å². The fourth-order valence-electron chi connectivity index (χ4n) is 1.27. The first-order valence-electron chi connectivity index (χ1n) is 5.36. The van der Waals surface area contributed by atoms with E-state index in [2.05, 4.69) is 17.2 Å². The number of hydrogen-bond donors (Lipinski definition) is 2. The summed E-state index contributed by atoms with van der Waals surface area (Å²) in [6.07, 6.45) is 0.494. The normalized spacial score (nSPS) is 10.5. The molecule has 0 saturated carbocycles. The molecule has 1 aromatic carbocycles. The number of hydrogen-bond acceptors (Lipinski definition) is 3. The summed E-state index contributed by atoms with van der Waals surface area (Å²) >= 11 is 5.81. The topological polar surface area (TPSA) is 89.3 Å². The van der Waals surface area contributed by atoms with Crippen LogP contribution >= 0.6 is 11.6 Å². The van der Waals surface area contributed by atoms with Gasteiger partial charge in [-0.1, -0.05) is 23.4 Å². The van der Waals surface area contributed by atoms with Crippen molar-refractivity contribution in [3.63, 3.8) is 0 Å². The minimum absolute atomic E-state index is 0.0381. The van der Waals surface area contributed by atoms with Crippen molar-refractivity contribution in [2.75, 3.05) is 6.54 Å². The van der Waals surface area contributed by atoms with E-state index in [0.29, 0.717) is 18.5 Å². The fourth-order valence-corrected chi connectivity index (χ4v) is 2.37. The third kappa shape index (κ3) is 5.30. The van der Waals surface area contributed by atoms with Gasteiger partial charge in [0, 0.05) is 25.5 Å². The van der Waals surface area contributed by atoms with Crippen LogP contribution in [0.25, 0.3) is 0 Å². The molecule has 3 N–H and O–H groups in total. The van der Waals surface area contributed by atoms with Gasteiger partial charge in [0.2, 0.25) is 15.9 Å². The highest BCUT2D eigenvalue weighted by molar-refractivity contribution is 7.89. The van der Waals surface area contributed by atoms with Gasteiger partial charge in [-0.25, -0.2) is 13.6 Å². The summed E-state index contributed by atoms with van der Waals surface area (Å²) in [4.78, 5) is 10.5. The number of carbonyl (C=O) groups is 1. The van der Waals surface area contributed by atoms with Crippen molar-refractivity contribution in [2.24, 2.45) is 5.14 Å². The molecule has 102 valence electrons. The Labute approximate surface area is 117 Å². The highest BCUT2D eigenvalue weighted by atomic mass is 35.5. The second kappa shape index (κ2) is 6.57. The number of nitrogens with two attached hydrogens (primary N) is 1. The Balaban J connectivity index is 2.75. The highest BCUT2D eigenvalue weighted by Gasteiger charge is 2.12. The molecule has 1 rings (SSSR count). The zero-order chi connectivity index (χ0) is 14.5. The first-order chi connectivity index (χ1) is 8.80. The summed E-state index contributed by atoms with van der Waals surface area (Å²) in [6, 6.07) is 4.28. The minimum Gasteiger partial charge on any atom is -0.355 e. The molecule has 5 nitrogen and oxygen atoms in total. The highest BCUT2D eigenvalue weighted by Crippen LogP contribution is 2.20. The Morgan fingerprint density at radius 3 is 2.68 bits per heavy atom. The monoisotopic (exact) mass is 300 g/mol. The van der Waals surface area contributed by atoms with E-state index < -0.39 is 10.0 Å². The molecule has 1 aromatic rings. The van der Waals surface area contributed by atoms with Crippen LogP contribution in [0.3, 0.4) is 0 Å². The number of nitrogens with one attached hydrogen (secondary N) is 1. The third-order valence-corrected chi connectivity index (χ3v) is 3.49. The van der Waals surface area contributed by atoms with Crippen LogP contribution in [0.1, 0.15) is 18.9 Å². The Kier molecular flexibility index (Phi) is 5.36. The zero-order valence-electron chi connectivity index (χ0n) is 10.2. The summed E-state index contributed by atoms with van der Waals surface area (Å²) in [7, 11) is -3.82. The smallest absolute Gasteiger partial charge is 0.239 e. The molecule has 0 radical (unpaired) electrons. The fraction of sp³-hybridized carbons (Fsp3) is 0.250. The number of amides is 1. The second-order valence-electron chi connectivity index (χ2n) is 3.72. The molecule has 0 aliphatic carbocycles. The van der Waals surface area contributed by atoms with E-state index in [1.807, 2.05) is 0 Å². The molecule has 0 aromatic heterocycles. The van der Waals surface area contributed by atoms with E-state index in [-0.39, 0.29) is 15.8 Å². The molecule has 0 aliphatic rings. The van der Waals surface area contributed by atoms with Crippen molar-refractivity contribution in [2.45, 2.75) is 18.2 Å². The molecular weight excluding hydrogens is 288 g/mol. The zero-order valence-corrected chi connectivity index (χ0v) is 11.8. The molecular formula is C12H13ClN2O3S. The number of rotatable bonds is 3. The lowest BCUT2D eigenvalue weighted by Gasteiger charge is -2.01. The molecule has 0 aliphatic heterocycles. The van der Waals surface area contributed by atoms with Crippen LogP contribution in [0.15, 0.2) is 23.1 Å². The maximum absolute atomic E-state index is 11.1. The van der Waals surface area contributed by atoms with Crippen LogP contribution in [-0.2, 0) is 14.8 Å². The van der Waals surface area contributed by atoms with E-state index in [9.17, 15) is 13.2 Å². The Morgan fingerprint density at radius 2 is 2.16 bits per heavy atom. The Morgan fingerprint density at radius 1 is 1.47 bits per heavy atom. The van der Waals surface area contributed by atoms with Crippen LogP contribution in [0.2, 0.25) is 5.02 Å². The summed E-state index contributed by atoms with van der Waals surface area (Å²) in [5, 5.41) is 7.63. The van der Waals surface area contributed by atoms with Gasteiger partial charge < -0.3 is 5.32 Å². The van der Waals surface area contributed by atoms with Crippen molar-refractivity contribution >= 4 is 27.5 Å². The summed E-state index contributed by atoms with van der Waals surface area (Å²) in [5.74, 6) is 5.55. The number of halogens is 1. The largest absolute Gasteiger partial charge is 0.355 e. The summed E-state index contributed by atoms with van der Waals surface area (Å²) < 4.78 is 22.3.